The molecule has 0 saturated carbocycles. The monoisotopic (exact) mass is 223 g/mol. The van der Waals surface area contributed by atoms with E-state index >= 15 is 0 Å². The largest absolute Gasteiger partial charge is 0.396 e. The van der Waals surface area contributed by atoms with E-state index in [9.17, 15) is 0 Å². The van der Waals surface area contributed by atoms with Crippen LogP contribution in [-0.4, -0.2) is 29.8 Å². The van der Waals surface area contributed by atoms with E-state index in [1.807, 2.05) is 18.3 Å². The van der Waals surface area contributed by atoms with Gasteiger partial charge in [-0.3, -0.25) is 0 Å². The van der Waals surface area contributed by atoms with Gasteiger partial charge in [-0.1, -0.05) is 0 Å². The average molecular weight is 223 g/mol. The SMILES string of the molecule is CCNc1ccc(NCCCCCO)nc1. The summed E-state index contributed by atoms with van der Waals surface area (Å²) < 4.78 is 0. The molecule has 0 bridgehead atoms. The number of nitrogens with one attached hydrogen (secondary N) is 2. The highest BCUT2D eigenvalue weighted by atomic mass is 16.2. The van der Waals surface area contributed by atoms with E-state index in [4.69, 9.17) is 5.11 Å². The molecule has 3 N–H and O–H groups in total. The van der Waals surface area contributed by atoms with Crippen LogP contribution >= 0.6 is 0 Å². The second-order valence-corrected chi connectivity index (χ2v) is 3.67. The highest BCUT2D eigenvalue weighted by molar-refractivity contribution is 5.46. The summed E-state index contributed by atoms with van der Waals surface area (Å²) in [5.74, 6) is 0.908. The van der Waals surface area contributed by atoms with Crippen molar-refractivity contribution < 1.29 is 5.11 Å². The van der Waals surface area contributed by atoms with Crippen LogP contribution < -0.4 is 10.6 Å². The van der Waals surface area contributed by atoms with Gasteiger partial charge in [-0.05, 0) is 38.3 Å². The molecule has 1 rings (SSSR count). The van der Waals surface area contributed by atoms with Gasteiger partial charge in [-0.25, -0.2) is 4.98 Å². The molecule has 1 aromatic heterocycles. The Morgan fingerprint density at radius 1 is 1.19 bits per heavy atom. The quantitative estimate of drug-likeness (QED) is 0.591. The number of aliphatic hydroxyl groups is 1. The van der Waals surface area contributed by atoms with E-state index in [-0.39, 0.29) is 6.61 Å². The summed E-state index contributed by atoms with van der Waals surface area (Å²) >= 11 is 0. The molecule has 16 heavy (non-hydrogen) atoms. The van der Waals surface area contributed by atoms with Crippen LogP contribution in [0, 0.1) is 0 Å². The fourth-order valence-electron chi connectivity index (χ4n) is 1.44. The minimum Gasteiger partial charge on any atom is -0.396 e. The predicted octanol–water partition coefficient (Wildman–Crippen LogP) is 2.09. The number of pyridine rings is 1. The van der Waals surface area contributed by atoms with Crippen LogP contribution in [0.1, 0.15) is 26.2 Å². The van der Waals surface area contributed by atoms with Gasteiger partial charge in [0.1, 0.15) is 5.82 Å². The summed E-state index contributed by atoms with van der Waals surface area (Å²) in [4.78, 5) is 4.29. The lowest BCUT2D eigenvalue weighted by Crippen LogP contribution is -2.04. The first-order valence-electron chi connectivity index (χ1n) is 5.91. The molecule has 0 aliphatic rings. The Morgan fingerprint density at radius 2 is 2.06 bits per heavy atom. The van der Waals surface area contributed by atoms with Crippen LogP contribution in [0.5, 0.6) is 0 Å². The van der Waals surface area contributed by atoms with Crippen molar-refractivity contribution in [2.45, 2.75) is 26.2 Å². The van der Waals surface area contributed by atoms with Gasteiger partial charge in [-0.15, -0.1) is 0 Å². The first-order valence-corrected chi connectivity index (χ1v) is 5.91. The van der Waals surface area contributed by atoms with Gasteiger partial charge in [0.25, 0.3) is 0 Å². The number of aromatic nitrogens is 1. The molecular weight excluding hydrogens is 202 g/mol. The lowest BCUT2D eigenvalue weighted by atomic mass is 10.2. The molecule has 0 unspecified atom stereocenters. The van der Waals surface area contributed by atoms with Crippen molar-refractivity contribution in [3.8, 4) is 0 Å². The van der Waals surface area contributed by atoms with Crippen molar-refractivity contribution in [1.29, 1.82) is 0 Å². The van der Waals surface area contributed by atoms with Gasteiger partial charge in [0.15, 0.2) is 0 Å². The Labute approximate surface area is 97.1 Å². The number of rotatable bonds is 8. The molecule has 1 heterocycles. The van der Waals surface area contributed by atoms with Crippen LogP contribution in [0.4, 0.5) is 11.5 Å². The number of aliphatic hydroxyl groups excluding tert-OH is 1. The van der Waals surface area contributed by atoms with Crippen LogP contribution in [-0.2, 0) is 0 Å². The van der Waals surface area contributed by atoms with Crippen molar-refractivity contribution in [1.82, 2.24) is 4.98 Å². The third kappa shape index (κ3) is 4.98. The summed E-state index contributed by atoms with van der Waals surface area (Å²) in [6.45, 7) is 4.17. The molecule has 0 aromatic carbocycles. The predicted molar refractivity (Wildman–Crippen MR) is 67.8 cm³/mol. The van der Waals surface area contributed by atoms with E-state index in [1.54, 1.807) is 0 Å². The summed E-state index contributed by atoms with van der Waals surface area (Å²) in [6, 6.07) is 4.00. The normalized spacial score (nSPS) is 10.1. The van der Waals surface area contributed by atoms with Gasteiger partial charge in [0.05, 0.1) is 11.9 Å². The molecule has 90 valence electrons. The van der Waals surface area contributed by atoms with Crippen molar-refractivity contribution in [3.63, 3.8) is 0 Å². The number of hydrogen-bond donors (Lipinski definition) is 3. The van der Waals surface area contributed by atoms with Crippen molar-refractivity contribution in [3.05, 3.63) is 18.3 Å². The standard InChI is InChI=1S/C12H21N3O/c1-2-13-11-6-7-12(15-10-11)14-8-4-3-5-9-16/h6-7,10,13,16H,2-5,8-9H2,1H3,(H,14,15). The molecule has 0 radical (unpaired) electrons. The van der Waals surface area contributed by atoms with Gasteiger partial charge in [0, 0.05) is 19.7 Å². The molecule has 0 aliphatic heterocycles. The first kappa shape index (κ1) is 12.8. The van der Waals surface area contributed by atoms with E-state index in [0.717, 1.165) is 43.9 Å². The van der Waals surface area contributed by atoms with Gasteiger partial charge in [0.2, 0.25) is 0 Å². The number of nitrogens with zero attached hydrogens (tertiary/aromatic N) is 1. The molecule has 4 heteroatoms. The first-order chi connectivity index (χ1) is 7.86. The number of unbranched alkanes of at least 4 members (excludes halogenated alkanes) is 2. The summed E-state index contributed by atoms with van der Waals surface area (Å²) in [5, 5.41) is 15.1. The zero-order valence-corrected chi connectivity index (χ0v) is 9.87. The maximum absolute atomic E-state index is 8.62. The summed E-state index contributed by atoms with van der Waals surface area (Å²) in [7, 11) is 0. The molecule has 1 aromatic rings. The minimum atomic E-state index is 0.287. The highest BCUT2D eigenvalue weighted by Crippen LogP contribution is 2.09. The lowest BCUT2D eigenvalue weighted by Gasteiger charge is -2.06. The van der Waals surface area contributed by atoms with E-state index in [0.29, 0.717) is 0 Å². The Hall–Kier alpha value is -1.29. The fourth-order valence-corrected chi connectivity index (χ4v) is 1.44. The lowest BCUT2D eigenvalue weighted by molar-refractivity contribution is 0.283. The zero-order chi connectivity index (χ0) is 11.6. The number of anilines is 2. The van der Waals surface area contributed by atoms with Gasteiger partial charge in [-0.2, -0.15) is 0 Å². The van der Waals surface area contributed by atoms with E-state index < -0.39 is 0 Å². The van der Waals surface area contributed by atoms with Crippen LogP contribution in [0.3, 0.4) is 0 Å². The molecular formula is C12H21N3O. The third-order valence-corrected chi connectivity index (χ3v) is 2.29. The van der Waals surface area contributed by atoms with Crippen molar-refractivity contribution in [2.75, 3.05) is 30.3 Å². The van der Waals surface area contributed by atoms with Crippen LogP contribution in [0.15, 0.2) is 18.3 Å². The fraction of sp³-hybridized carbons (Fsp3) is 0.583. The van der Waals surface area contributed by atoms with E-state index in [1.165, 1.54) is 0 Å². The maximum atomic E-state index is 8.62. The smallest absolute Gasteiger partial charge is 0.126 e. The van der Waals surface area contributed by atoms with Crippen LogP contribution in [0.2, 0.25) is 0 Å². The topological polar surface area (TPSA) is 57.2 Å². The van der Waals surface area contributed by atoms with Crippen molar-refractivity contribution in [2.24, 2.45) is 0 Å². The zero-order valence-electron chi connectivity index (χ0n) is 9.87. The average Bonchev–Trinajstić information content (AvgIpc) is 2.31. The molecule has 0 saturated heterocycles. The minimum absolute atomic E-state index is 0.287. The molecule has 4 nitrogen and oxygen atoms in total. The Balaban J connectivity index is 2.21. The van der Waals surface area contributed by atoms with E-state index in [2.05, 4.69) is 22.5 Å². The second-order valence-electron chi connectivity index (χ2n) is 3.67. The number of hydrogen-bond acceptors (Lipinski definition) is 4. The van der Waals surface area contributed by atoms with Gasteiger partial charge < -0.3 is 15.7 Å². The Kier molecular flexibility index (Phi) is 6.33. The Bertz CT molecular complexity index is 274. The second kappa shape index (κ2) is 7.93. The Morgan fingerprint density at radius 3 is 2.69 bits per heavy atom. The maximum Gasteiger partial charge on any atom is 0.126 e. The van der Waals surface area contributed by atoms with Crippen LogP contribution in [0.25, 0.3) is 0 Å². The summed E-state index contributed by atoms with van der Waals surface area (Å²) in [5.41, 5.74) is 1.05. The van der Waals surface area contributed by atoms with Gasteiger partial charge >= 0.3 is 0 Å². The molecule has 0 spiro atoms. The highest BCUT2D eigenvalue weighted by Gasteiger charge is 1.94. The molecule has 0 amide bonds. The summed E-state index contributed by atoms with van der Waals surface area (Å²) in [6.07, 6.45) is 4.84. The molecule has 0 aliphatic carbocycles. The molecule has 0 atom stereocenters. The van der Waals surface area contributed by atoms with Crippen molar-refractivity contribution >= 4 is 11.5 Å². The molecule has 0 fully saturated rings. The third-order valence-electron chi connectivity index (χ3n) is 2.29.